The summed E-state index contributed by atoms with van der Waals surface area (Å²) in [5, 5.41) is 3.53. The van der Waals surface area contributed by atoms with Gasteiger partial charge in [-0.1, -0.05) is 5.11 Å². The second-order valence-electron chi connectivity index (χ2n) is 3.49. The molecule has 14 heavy (non-hydrogen) atoms. The van der Waals surface area contributed by atoms with Gasteiger partial charge in [0.2, 0.25) is 0 Å². The van der Waals surface area contributed by atoms with Crippen molar-refractivity contribution in [2.24, 2.45) is 16.8 Å². The Bertz CT molecular complexity index is 230. The number of carbonyl (C=O) groups excluding carboxylic acids is 1. The molecule has 0 spiro atoms. The molecule has 1 aliphatic rings. The van der Waals surface area contributed by atoms with Crippen LogP contribution in [0, 0.1) is 5.92 Å². The topological polar surface area (TPSA) is 101 Å². The van der Waals surface area contributed by atoms with Gasteiger partial charge in [-0.05, 0) is 37.1 Å². The molecule has 6 heteroatoms. The zero-order valence-corrected chi connectivity index (χ0v) is 7.93. The van der Waals surface area contributed by atoms with Crippen molar-refractivity contribution < 1.29 is 9.53 Å². The standard InChI is InChI=1S/C8H14N4O2/c9-8(13)14-7-3-1-6(2-4-7)5-11-12-10/h6-7H,1-5H2,(H2,9,13). The molecular weight excluding hydrogens is 184 g/mol. The van der Waals surface area contributed by atoms with E-state index in [4.69, 9.17) is 16.0 Å². The molecule has 0 heterocycles. The maximum atomic E-state index is 10.5. The summed E-state index contributed by atoms with van der Waals surface area (Å²) in [7, 11) is 0. The van der Waals surface area contributed by atoms with Gasteiger partial charge in [0.05, 0.1) is 0 Å². The SMILES string of the molecule is [N-]=[N+]=NCC1CCC(OC(N)=O)CC1. The molecule has 0 aromatic heterocycles. The fourth-order valence-electron chi connectivity index (χ4n) is 1.75. The second kappa shape index (κ2) is 5.34. The summed E-state index contributed by atoms with van der Waals surface area (Å²) in [6.45, 7) is 0.541. The molecule has 0 bridgehead atoms. The lowest BCUT2D eigenvalue weighted by atomic mass is 9.87. The number of hydrogen-bond acceptors (Lipinski definition) is 3. The minimum absolute atomic E-state index is 0.0465. The fraction of sp³-hybridized carbons (Fsp3) is 0.875. The first-order valence-electron chi connectivity index (χ1n) is 4.69. The molecule has 1 amide bonds. The van der Waals surface area contributed by atoms with Gasteiger partial charge < -0.3 is 10.5 Å². The van der Waals surface area contributed by atoms with Crippen LogP contribution >= 0.6 is 0 Å². The van der Waals surface area contributed by atoms with Crippen LogP contribution in [-0.2, 0) is 4.74 Å². The highest BCUT2D eigenvalue weighted by molar-refractivity contribution is 5.64. The zero-order valence-electron chi connectivity index (χ0n) is 7.93. The Kier molecular flexibility index (Phi) is 4.07. The van der Waals surface area contributed by atoms with Crippen LogP contribution in [0.4, 0.5) is 4.79 Å². The van der Waals surface area contributed by atoms with E-state index in [-0.39, 0.29) is 6.10 Å². The highest BCUT2D eigenvalue weighted by Crippen LogP contribution is 2.26. The van der Waals surface area contributed by atoms with Crippen molar-refractivity contribution >= 4 is 6.09 Å². The van der Waals surface area contributed by atoms with E-state index in [0.29, 0.717) is 12.5 Å². The first kappa shape index (κ1) is 10.7. The highest BCUT2D eigenvalue weighted by Gasteiger charge is 2.22. The summed E-state index contributed by atoms with van der Waals surface area (Å²) in [5.41, 5.74) is 13.1. The smallest absolute Gasteiger partial charge is 0.404 e. The molecule has 0 atom stereocenters. The first-order chi connectivity index (χ1) is 6.72. The van der Waals surface area contributed by atoms with E-state index in [1.165, 1.54) is 0 Å². The van der Waals surface area contributed by atoms with Gasteiger partial charge in [-0.25, -0.2) is 4.79 Å². The number of primary amides is 1. The Labute approximate surface area is 82.0 Å². The maximum absolute atomic E-state index is 10.5. The number of carbonyl (C=O) groups is 1. The number of nitrogens with two attached hydrogens (primary N) is 1. The van der Waals surface area contributed by atoms with Gasteiger partial charge in [-0.3, -0.25) is 0 Å². The summed E-state index contributed by atoms with van der Waals surface area (Å²) in [5.74, 6) is 0.429. The van der Waals surface area contributed by atoms with Crippen LogP contribution < -0.4 is 5.73 Å². The molecule has 1 saturated carbocycles. The average Bonchev–Trinajstić information content (AvgIpc) is 2.16. The van der Waals surface area contributed by atoms with E-state index in [2.05, 4.69) is 10.0 Å². The Morgan fingerprint density at radius 2 is 2.14 bits per heavy atom. The first-order valence-corrected chi connectivity index (χ1v) is 4.69. The lowest BCUT2D eigenvalue weighted by molar-refractivity contribution is 0.0721. The molecule has 0 aromatic carbocycles. The predicted molar refractivity (Wildman–Crippen MR) is 50.4 cm³/mol. The Morgan fingerprint density at radius 1 is 1.50 bits per heavy atom. The molecule has 0 aliphatic heterocycles. The van der Waals surface area contributed by atoms with Gasteiger partial charge in [0, 0.05) is 11.5 Å². The van der Waals surface area contributed by atoms with Crippen molar-refractivity contribution in [1.82, 2.24) is 0 Å². The number of rotatable bonds is 3. The molecule has 0 radical (unpaired) electrons. The third-order valence-corrected chi connectivity index (χ3v) is 2.48. The number of ether oxygens (including phenoxy) is 1. The van der Waals surface area contributed by atoms with Crippen molar-refractivity contribution in [1.29, 1.82) is 0 Å². The van der Waals surface area contributed by atoms with Crippen LogP contribution in [0.3, 0.4) is 0 Å². The minimum atomic E-state index is -0.705. The van der Waals surface area contributed by atoms with E-state index >= 15 is 0 Å². The fourth-order valence-corrected chi connectivity index (χ4v) is 1.75. The van der Waals surface area contributed by atoms with Crippen molar-refractivity contribution in [3.8, 4) is 0 Å². The van der Waals surface area contributed by atoms with Gasteiger partial charge >= 0.3 is 6.09 Å². The summed E-state index contributed by atoms with van der Waals surface area (Å²) < 4.78 is 4.88. The lowest BCUT2D eigenvalue weighted by Crippen LogP contribution is -2.27. The predicted octanol–water partition coefficient (Wildman–Crippen LogP) is 1.95. The molecule has 0 aromatic rings. The third-order valence-electron chi connectivity index (χ3n) is 2.48. The van der Waals surface area contributed by atoms with E-state index in [0.717, 1.165) is 25.7 Å². The molecule has 2 N–H and O–H groups in total. The molecule has 78 valence electrons. The normalized spacial score (nSPS) is 26.3. The maximum Gasteiger partial charge on any atom is 0.404 e. The molecule has 1 rings (SSSR count). The number of azide groups is 1. The van der Waals surface area contributed by atoms with Gasteiger partial charge in [0.15, 0.2) is 0 Å². The van der Waals surface area contributed by atoms with Crippen LogP contribution in [-0.4, -0.2) is 18.7 Å². The van der Waals surface area contributed by atoms with E-state index in [9.17, 15) is 4.79 Å². The summed E-state index contributed by atoms with van der Waals surface area (Å²) in [6, 6.07) is 0. The van der Waals surface area contributed by atoms with E-state index in [1.54, 1.807) is 0 Å². The van der Waals surface area contributed by atoms with Crippen LogP contribution in [0.1, 0.15) is 25.7 Å². The molecule has 1 fully saturated rings. The van der Waals surface area contributed by atoms with Crippen LogP contribution in [0.5, 0.6) is 0 Å². The highest BCUT2D eigenvalue weighted by atomic mass is 16.6. The van der Waals surface area contributed by atoms with Crippen LogP contribution in [0.15, 0.2) is 5.11 Å². The van der Waals surface area contributed by atoms with Gasteiger partial charge in [0.1, 0.15) is 6.10 Å². The second-order valence-corrected chi connectivity index (χ2v) is 3.49. The Morgan fingerprint density at radius 3 is 2.64 bits per heavy atom. The lowest BCUT2D eigenvalue weighted by Gasteiger charge is -2.26. The molecule has 1 aliphatic carbocycles. The van der Waals surface area contributed by atoms with Crippen molar-refractivity contribution in [3.05, 3.63) is 10.4 Å². The van der Waals surface area contributed by atoms with Gasteiger partial charge in [-0.15, -0.1) is 0 Å². The van der Waals surface area contributed by atoms with Crippen LogP contribution in [0.25, 0.3) is 10.4 Å². The Balaban J connectivity index is 2.23. The summed E-state index contributed by atoms with van der Waals surface area (Å²) in [4.78, 5) is 13.2. The van der Waals surface area contributed by atoms with Crippen molar-refractivity contribution in [3.63, 3.8) is 0 Å². The number of amides is 1. The molecular formula is C8H14N4O2. The number of nitrogens with zero attached hydrogens (tertiary/aromatic N) is 3. The Hall–Kier alpha value is -1.42. The quantitative estimate of drug-likeness (QED) is 0.425. The third kappa shape index (κ3) is 3.53. The summed E-state index contributed by atoms with van der Waals surface area (Å²) >= 11 is 0. The van der Waals surface area contributed by atoms with Gasteiger partial charge in [-0.2, -0.15) is 0 Å². The van der Waals surface area contributed by atoms with E-state index < -0.39 is 6.09 Å². The minimum Gasteiger partial charge on any atom is -0.446 e. The van der Waals surface area contributed by atoms with E-state index in [1.807, 2.05) is 0 Å². The van der Waals surface area contributed by atoms with Crippen LogP contribution in [0.2, 0.25) is 0 Å². The molecule has 0 saturated heterocycles. The molecule has 6 nitrogen and oxygen atoms in total. The average molecular weight is 198 g/mol. The number of hydrogen-bond donors (Lipinski definition) is 1. The summed E-state index contributed by atoms with van der Waals surface area (Å²) in [6.07, 6.45) is 2.73. The zero-order chi connectivity index (χ0) is 10.4. The van der Waals surface area contributed by atoms with Gasteiger partial charge in [0.25, 0.3) is 0 Å². The largest absolute Gasteiger partial charge is 0.446 e. The monoisotopic (exact) mass is 198 g/mol. The molecule has 0 unspecified atom stereocenters. The van der Waals surface area contributed by atoms with Crippen molar-refractivity contribution in [2.45, 2.75) is 31.8 Å². The van der Waals surface area contributed by atoms with Crippen molar-refractivity contribution in [2.75, 3.05) is 6.54 Å².